The second-order valence-electron chi connectivity index (χ2n) is 7.38. The number of rotatable bonds is 8. The van der Waals surface area contributed by atoms with E-state index in [2.05, 4.69) is 10.0 Å². The number of nitrogens with one attached hydrogen (secondary N) is 2. The molecule has 6 nitrogen and oxygen atoms in total. The smallest absolute Gasteiger partial charge is 0.245 e. The van der Waals surface area contributed by atoms with E-state index in [1.165, 1.54) is 13.2 Å². The molecule has 0 saturated heterocycles. The molecule has 3 rings (SSSR count). The molecule has 2 N–H and O–H groups in total. The number of anilines is 1. The van der Waals surface area contributed by atoms with E-state index >= 15 is 0 Å². The highest BCUT2D eigenvalue weighted by Crippen LogP contribution is 2.25. The Morgan fingerprint density at radius 1 is 0.935 bits per heavy atom. The third-order valence-electron chi connectivity index (χ3n) is 4.79. The third-order valence-corrected chi connectivity index (χ3v) is 6.28. The molecule has 0 bridgehead atoms. The van der Waals surface area contributed by atoms with Crippen molar-refractivity contribution in [2.75, 3.05) is 12.4 Å². The number of benzene rings is 3. The number of methoxy groups -OCH3 is 1. The monoisotopic (exact) mass is 438 g/mol. The van der Waals surface area contributed by atoms with E-state index in [0.717, 1.165) is 16.7 Å². The molecule has 0 aliphatic rings. The zero-order chi connectivity index (χ0) is 22.4. The largest absolute Gasteiger partial charge is 0.495 e. The number of carbonyl (C=O) groups is 1. The summed E-state index contributed by atoms with van der Waals surface area (Å²) in [6.45, 7) is 3.72. The molecular formula is C24H26N2O4S. The first-order valence-electron chi connectivity index (χ1n) is 9.87. The van der Waals surface area contributed by atoms with E-state index in [0.29, 0.717) is 5.69 Å². The van der Waals surface area contributed by atoms with E-state index in [1.807, 2.05) is 55.5 Å². The fourth-order valence-electron chi connectivity index (χ4n) is 3.23. The SMILES string of the molecule is COc1ccc(C)cc1S(=O)(=O)N[C@H](Cc1ccccc1)C(=O)Nc1cccc(C)c1. The quantitative estimate of drug-likeness (QED) is 0.560. The molecule has 1 atom stereocenters. The van der Waals surface area contributed by atoms with Crippen molar-refractivity contribution < 1.29 is 17.9 Å². The number of sulfonamides is 1. The molecule has 7 heteroatoms. The van der Waals surface area contributed by atoms with Gasteiger partial charge < -0.3 is 10.1 Å². The van der Waals surface area contributed by atoms with Gasteiger partial charge in [-0.1, -0.05) is 48.5 Å². The van der Waals surface area contributed by atoms with Crippen molar-refractivity contribution in [2.24, 2.45) is 0 Å². The fourth-order valence-corrected chi connectivity index (χ4v) is 4.68. The van der Waals surface area contributed by atoms with Crippen molar-refractivity contribution in [3.8, 4) is 5.75 Å². The molecule has 0 aliphatic heterocycles. The van der Waals surface area contributed by atoms with Crippen molar-refractivity contribution in [1.29, 1.82) is 0 Å². The van der Waals surface area contributed by atoms with Crippen LogP contribution < -0.4 is 14.8 Å². The predicted octanol–water partition coefficient (Wildman–Crippen LogP) is 3.84. The van der Waals surface area contributed by atoms with Crippen molar-refractivity contribution in [3.05, 3.63) is 89.5 Å². The number of aryl methyl sites for hydroxylation is 2. The van der Waals surface area contributed by atoms with Gasteiger partial charge in [-0.15, -0.1) is 0 Å². The molecule has 0 aliphatic carbocycles. The van der Waals surface area contributed by atoms with Gasteiger partial charge in [-0.3, -0.25) is 4.79 Å². The number of carbonyl (C=O) groups excluding carboxylic acids is 1. The molecule has 162 valence electrons. The first kappa shape index (κ1) is 22.5. The molecule has 3 aromatic carbocycles. The van der Waals surface area contributed by atoms with Gasteiger partial charge >= 0.3 is 0 Å². The molecule has 3 aromatic rings. The van der Waals surface area contributed by atoms with Gasteiger partial charge in [0.2, 0.25) is 15.9 Å². The van der Waals surface area contributed by atoms with Crippen molar-refractivity contribution in [3.63, 3.8) is 0 Å². The van der Waals surface area contributed by atoms with Crippen LogP contribution in [0, 0.1) is 13.8 Å². The highest BCUT2D eigenvalue weighted by Gasteiger charge is 2.28. The first-order chi connectivity index (χ1) is 14.8. The first-order valence-corrected chi connectivity index (χ1v) is 11.4. The van der Waals surface area contributed by atoms with Crippen LogP contribution in [0.3, 0.4) is 0 Å². The summed E-state index contributed by atoms with van der Waals surface area (Å²) in [5, 5.41) is 2.82. The van der Waals surface area contributed by atoms with Crippen LogP contribution in [0.25, 0.3) is 0 Å². The number of hydrogen-bond donors (Lipinski definition) is 2. The number of hydrogen-bond acceptors (Lipinski definition) is 4. The highest BCUT2D eigenvalue weighted by atomic mass is 32.2. The van der Waals surface area contributed by atoms with Crippen LogP contribution in [0.1, 0.15) is 16.7 Å². The van der Waals surface area contributed by atoms with Gasteiger partial charge in [-0.05, 0) is 61.2 Å². The Morgan fingerprint density at radius 3 is 2.32 bits per heavy atom. The summed E-state index contributed by atoms with van der Waals surface area (Å²) in [6.07, 6.45) is 0.200. The highest BCUT2D eigenvalue weighted by molar-refractivity contribution is 7.89. The summed E-state index contributed by atoms with van der Waals surface area (Å²) >= 11 is 0. The van der Waals surface area contributed by atoms with Crippen LogP contribution in [0.5, 0.6) is 5.75 Å². The van der Waals surface area contributed by atoms with Crippen molar-refractivity contribution in [1.82, 2.24) is 4.72 Å². The van der Waals surface area contributed by atoms with E-state index < -0.39 is 22.0 Å². The normalized spacial score (nSPS) is 12.2. The molecular weight excluding hydrogens is 412 g/mol. The molecule has 0 radical (unpaired) electrons. The maximum Gasteiger partial charge on any atom is 0.245 e. The van der Waals surface area contributed by atoms with Gasteiger partial charge in [-0.2, -0.15) is 4.72 Å². The van der Waals surface area contributed by atoms with Gasteiger partial charge in [0.1, 0.15) is 16.7 Å². The molecule has 0 aromatic heterocycles. The maximum atomic E-state index is 13.2. The topological polar surface area (TPSA) is 84.5 Å². The summed E-state index contributed by atoms with van der Waals surface area (Å²) in [5.74, 6) is -0.222. The van der Waals surface area contributed by atoms with Crippen molar-refractivity contribution in [2.45, 2.75) is 31.2 Å². The number of ether oxygens (including phenoxy) is 1. The van der Waals surface area contributed by atoms with Crippen LogP contribution in [0.4, 0.5) is 5.69 Å². The van der Waals surface area contributed by atoms with Gasteiger partial charge in [0.25, 0.3) is 0 Å². The van der Waals surface area contributed by atoms with Gasteiger partial charge in [-0.25, -0.2) is 8.42 Å². The molecule has 0 unspecified atom stereocenters. The molecule has 0 fully saturated rings. The second-order valence-corrected chi connectivity index (χ2v) is 9.06. The Morgan fingerprint density at radius 2 is 1.65 bits per heavy atom. The summed E-state index contributed by atoms with van der Waals surface area (Å²) in [5.41, 5.74) is 3.20. The minimum absolute atomic E-state index is 0.00332. The van der Waals surface area contributed by atoms with E-state index in [9.17, 15) is 13.2 Å². The zero-order valence-corrected chi connectivity index (χ0v) is 18.6. The van der Waals surface area contributed by atoms with Crippen LogP contribution in [0.15, 0.2) is 77.7 Å². The Balaban J connectivity index is 1.92. The predicted molar refractivity (Wildman–Crippen MR) is 122 cm³/mol. The lowest BCUT2D eigenvalue weighted by molar-refractivity contribution is -0.117. The van der Waals surface area contributed by atoms with Crippen LogP contribution in [0.2, 0.25) is 0 Å². The Kier molecular flexibility index (Phi) is 7.09. The molecule has 0 heterocycles. The minimum Gasteiger partial charge on any atom is -0.495 e. The van der Waals surface area contributed by atoms with Crippen molar-refractivity contribution >= 4 is 21.6 Å². The fraction of sp³-hybridized carbons (Fsp3) is 0.208. The maximum absolute atomic E-state index is 13.2. The third kappa shape index (κ3) is 5.93. The Bertz CT molecular complexity index is 1160. The minimum atomic E-state index is -4.03. The number of amides is 1. The van der Waals surface area contributed by atoms with Gasteiger partial charge in [0.15, 0.2) is 0 Å². The molecule has 0 saturated carbocycles. The average Bonchev–Trinajstić information content (AvgIpc) is 2.74. The zero-order valence-electron chi connectivity index (χ0n) is 17.8. The van der Waals surface area contributed by atoms with Crippen LogP contribution >= 0.6 is 0 Å². The van der Waals surface area contributed by atoms with E-state index in [-0.39, 0.29) is 17.1 Å². The molecule has 31 heavy (non-hydrogen) atoms. The lowest BCUT2D eigenvalue weighted by Gasteiger charge is -2.20. The molecule has 1 amide bonds. The van der Waals surface area contributed by atoms with Crippen LogP contribution in [-0.4, -0.2) is 27.5 Å². The van der Waals surface area contributed by atoms with Crippen LogP contribution in [-0.2, 0) is 21.2 Å². The van der Waals surface area contributed by atoms with E-state index in [1.54, 1.807) is 25.1 Å². The Labute approximate surface area is 183 Å². The Hall–Kier alpha value is -3.16. The van der Waals surface area contributed by atoms with E-state index in [4.69, 9.17) is 4.74 Å². The summed E-state index contributed by atoms with van der Waals surface area (Å²) in [4.78, 5) is 13.1. The summed E-state index contributed by atoms with van der Waals surface area (Å²) in [7, 11) is -2.61. The summed E-state index contributed by atoms with van der Waals surface area (Å²) in [6, 6.07) is 20.5. The van der Waals surface area contributed by atoms with Gasteiger partial charge in [0, 0.05) is 5.69 Å². The summed E-state index contributed by atoms with van der Waals surface area (Å²) < 4.78 is 34.2. The standard InChI is InChI=1S/C24H26N2O4S/c1-17-8-7-11-20(14-17)25-24(27)21(16-19-9-5-4-6-10-19)26-31(28,29)23-15-18(2)12-13-22(23)30-3/h4-15,21,26H,16H2,1-3H3,(H,25,27)/t21-/m1/s1. The lowest BCUT2D eigenvalue weighted by Crippen LogP contribution is -2.45. The lowest BCUT2D eigenvalue weighted by atomic mass is 10.1. The second kappa shape index (κ2) is 9.76. The average molecular weight is 439 g/mol. The molecule has 0 spiro atoms. The van der Waals surface area contributed by atoms with Gasteiger partial charge in [0.05, 0.1) is 7.11 Å².